The van der Waals surface area contributed by atoms with Gasteiger partial charge in [-0.1, -0.05) is 0 Å². The molecular weight excluding hydrogens is 245 g/mol. The van der Waals surface area contributed by atoms with E-state index >= 15 is 0 Å². The maximum Gasteiger partial charge on any atom is 0.401 e. The second-order valence-electron chi connectivity index (χ2n) is 5.20. The molecule has 0 aliphatic carbocycles. The van der Waals surface area contributed by atoms with Crippen molar-refractivity contribution in [2.75, 3.05) is 32.7 Å². The number of rotatable bonds is 3. The van der Waals surface area contributed by atoms with Crippen LogP contribution in [0.25, 0.3) is 0 Å². The Bertz CT molecular complexity index is 246. The third kappa shape index (κ3) is 4.74. The van der Waals surface area contributed by atoms with Crippen molar-refractivity contribution in [2.24, 2.45) is 0 Å². The summed E-state index contributed by atoms with van der Waals surface area (Å²) in [4.78, 5) is 1.47. The van der Waals surface area contributed by atoms with Gasteiger partial charge in [-0.2, -0.15) is 13.2 Å². The number of halogens is 3. The molecule has 0 saturated carbocycles. The van der Waals surface area contributed by atoms with Crippen LogP contribution in [0.4, 0.5) is 13.2 Å². The van der Waals surface area contributed by atoms with Gasteiger partial charge in [0.2, 0.25) is 0 Å². The molecule has 0 radical (unpaired) electrons. The third-order valence-corrected chi connectivity index (χ3v) is 3.57. The second kappa shape index (κ2) is 6.21. The van der Waals surface area contributed by atoms with E-state index in [2.05, 4.69) is 5.32 Å². The Morgan fingerprint density at radius 3 is 2.39 bits per heavy atom. The van der Waals surface area contributed by atoms with Crippen LogP contribution in [0.5, 0.6) is 0 Å². The molecule has 0 aromatic heterocycles. The minimum atomic E-state index is -4.08. The van der Waals surface area contributed by atoms with E-state index in [1.165, 1.54) is 4.90 Å². The summed E-state index contributed by atoms with van der Waals surface area (Å²) in [6, 6.07) is 0. The lowest BCUT2D eigenvalue weighted by molar-refractivity contribution is -0.152. The molecule has 0 spiro atoms. The molecule has 6 heteroatoms. The van der Waals surface area contributed by atoms with Gasteiger partial charge in [-0.05, 0) is 32.2 Å². The van der Waals surface area contributed by atoms with Crippen LogP contribution in [0, 0.1) is 0 Å². The van der Waals surface area contributed by atoms with Gasteiger partial charge >= 0.3 is 6.18 Å². The van der Waals surface area contributed by atoms with Gasteiger partial charge in [0.1, 0.15) is 0 Å². The first-order valence-electron chi connectivity index (χ1n) is 6.68. The Morgan fingerprint density at radius 1 is 1.11 bits per heavy atom. The fraction of sp³-hybridized carbons (Fsp3) is 1.00. The van der Waals surface area contributed by atoms with Gasteiger partial charge in [-0.15, -0.1) is 0 Å². The highest BCUT2D eigenvalue weighted by atomic mass is 19.4. The summed E-state index contributed by atoms with van der Waals surface area (Å²) in [6.45, 7) is 2.12. The molecule has 1 N–H and O–H groups in total. The first-order valence-corrected chi connectivity index (χ1v) is 6.68. The minimum absolute atomic E-state index is 0.138. The van der Waals surface area contributed by atoms with Crippen LogP contribution in [0.2, 0.25) is 0 Å². The number of hydrogen-bond donors (Lipinski definition) is 1. The van der Waals surface area contributed by atoms with Crippen molar-refractivity contribution in [2.45, 2.75) is 44.1 Å². The van der Waals surface area contributed by atoms with E-state index in [4.69, 9.17) is 4.74 Å². The van der Waals surface area contributed by atoms with Gasteiger partial charge in [-0.25, -0.2) is 0 Å². The first kappa shape index (κ1) is 14.1. The quantitative estimate of drug-likeness (QED) is 0.842. The van der Waals surface area contributed by atoms with Crippen LogP contribution in [0.1, 0.15) is 25.7 Å². The Hall–Kier alpha value is -0.330. The van der Waals surface area contributed by atoms with Crippen molar-refractivity contribution < 1.29 is 17.9 Å². The number of alkyl halides is 3. The number of ether oxygens (including phenoxy) is 1. The largest absolute Gasteiger partial charge is 0.401 e. The molecule has 18 heavy (non-hydrogen) atoms. The summed E-state index contributed by atoms with van der Waals surface area (Å²) in [7, 11) is 0. The van der Waals surface area contributed by atoms with Crippen molar-refractivity contribution in [3.8, 4) is 0 Å². The average Bonchev–Trinajstić information content (AvgIpc) is 2.31. The number of nitrogens with one attached hydrogen (secondary N) is 1. The SMILES string of the molecule is FC(F)(F)CN1CCC(OC2CCCNC2)CC1. The Balaban J connectivity index is 1.66. The van der Waals surface area contributed by atoms with Crippen LogP contribution in [-0.2, 0) is 4.74 Å². The summed E-state index contributed by atoms with van der Waals surface area (Å²) in [5.41, 5.74) is 0. The van der Waals surface area contributed by atoms with E-state index in [0.29, 0.717) is 25.9 Å². The van der Waals surface area contributed by atoms with Gasteiger partial charge in [0.25, 0.3) is 0 Å². The standard InChI is InChI=1S/C12H21F3N2O/c13-12(14,15)9-17-6-3-10(4-7-17)18-11-2-1-5-16-8-11/h10-11,16H,1-9H2. The maximum atomic E-state index is 12.2. The zero-order valence-electron chi connectivity index (χ0n) is 10.5. The molecule has 2 aliphatic rings. The number of hydrogen-bond acceptors (Lipinski definition) is 3. The van der Waals surface area contributed by atoms with Crippen molar-refractivity contribution in [1.82, 2.24) is 10.2 Å². The molecule has 2 fully saturated rings. The molecule has 106 valence electrons. The highest BCUT2D eigenvalue weighted by molar-refractivity contribution is 4.77. The van der Waals surface area contributed by atoms with Gasteiger partial charge in [-0.3, -0.25) is 4.90 Å². The monoisotopic (exact) mass is 266 g/mol. The van der Waals surface area contributed by atoms with E-state index in [-0.39, 0.29) is 12.2 Å². The fourth-order valence-corrected chi connectivity index (χ4v) is 2.67. The Kier molecular flexibility index (Phi) is 4.86. The topological polar surface area (TPSA) is 24.5 Å². The van der Waals surface area contributed by atoms with E-state index in [0.717, 1.165) is 25.9 Å². The van der Waals surface area contributed by atoms with Gasteiger partial charge in [0.15, 0.2) is 0 Å². The lowest BCUT2D eigenvalue weighted by atomic mass is 10.1. The number of nitrogens with zero attached hydrogens (tertiary/aromatic N) is 1. The third-order valence-electron chi connectivity index (χ3n) is 3.57. The Morgan fingerprint density at radius 2 is 1.83 bits per heavy atom. The summed E-state index contributed by atoms with van der Waals surface area (Å²) in [5.74, 6) is 0. The van der Waals surface area contributed by atoms with E-state index in [9.17, 15) is 13.2 Å². The molecule has 2 heterocycles. The number of piperidine rings is 2. The minimum Gasteiger partial charge on any atom is -0.374 e. The van der Waals surface area contributed by atoms with Crippen molar-refractivity contribution in [3.63, 3.8) is 0 Å². The smallest absolute Gasteiger partial charge is 0.374 e. The van der Waals surface area contributed by atoms with Gasteiger partial charge in [0.05, 0.1) is 18.8 Å². The van der Waals surface area contributed by atoms with Gasteiger partial charge < -0.3 is 10.1 Å². The molecule has 0 amide bonds. The van der Waals surface area contributed by atoms with Crippen LogP contribution in [-0.4, -0.2) is 56.0 Å². The predicted molar refractivity (Wildman–Crippen MR) is 62.5 cm³/mol. The van der Waals surface area contributed by atoms with Crippen molar-refractivity contribution in [1.29, 1.82) is 0 Å². The van der Waals surface area contributed by atoms with Crippen molar-refractivity contribution >= 4 is 0 Å². The zero-order valence-corrected chi connectivity index (χ0v) is 10.5. The summed E-state index contributed by atoms with van der Waals surface area (Å²) >= 11 is 0. The molecule has 2 saturated heterocycles. The molecule has 3 nitrogen and oxygen atoms in total. The molecule has 0 aromatic rings. The molecule has 2 rings (SSSR count). The fourth-order valence-electron chi connectivity index (χ4n) is 2.67. The lowest BCUT2D eigenvalue weighted by Crippen LogP contribution is -2.44. The molecule has 1 atom stereocenters. The van der Waals surface area contributed by atoms with Crippen LogP contribution >= 0.6 is 0 Å². The number of likely N-dealkylation sites (tertiary alicyclic amines) is 1. The van der Waals surface area contributed by atoms with E-state index in [1.54, 1.807) is 0 Å². The van der Waals surface area contributed by atoms with Crippen LogP contribution < -0.4 is 5.32 Å². The highest BCUT2D eigenvalue weighted by Crippen LogP contribution is 2.22. The van der Waals surface area contributed by atoms with Gasteiger partial charge in [0, 0.05) is 19.6 Å². The normalized spacial score (nSPS) is 28.5. The Labute approximate surface area is 106 Å². The summed E-state index contributed by atoms with van der Waals surface area (Å²) in [6.07, 6.45) is -0.0784. The van der Waals surface area contributed by atoms with E-state index in [1.807, 2.05) is 0 Å². The highest BCUT2D eigenvalue weighted by Gasteiger charge is 2.33. The molecule has 0 bridgehead atoms. The summed E-state index contributed by atoms with van der Waals surface area (Å²) < 4.78 is 42.6. The summed E-state index contributed by atoms with van der Waals surface area (Å²) in [5, 5.41) is 3.28. The zero-order chi connectivity index (χ0) is 13.0. The molecule has 1 unspecified atom stereocenters. The second-order valence-corrected chi connectivity index (χ2v) is 5.20. The van der Waals surface area contributed by atoms with Crippen LogP contribution in [0.15, 0.2) is 0 Å². The molecule has 2 aliphatic heterocycles. The maximum absolute atomic E-state index is 12.2. The van der Waals surface area contributed by atoms with Crippen molar-refractivity contribution in [3.05, 3.63) is 0 Å². The predicted octanol–water partition coefficient (Wildman–Crippen LogP) is 1.78. The molecular formula is C12H21F3N2O. The first-order chi connectivity index (χ1) is 8.53. The van der Waals surface area contributed by atoms with Crippen LogP contribution in [0.3, 0.4) is 0 Å². The molecule has 0 aromatic carbocycles. The van der Waals surface area contributed by atoms with E-state index < -0.39 is 12.7 Å². The lowest BCUT2D eigenvalue weighted by Gasteiger charge is -2.35. The average molecular weight is 266 g/mol.